The zero-order valence-corrected chi connectivity index (χ0v) is 19.9. The molecule has 1 aliphatic carbocycles. The Kier molecular flexibility index (Phi) is 6.28. The van der Waals surface area contributed by atoms with E-state index < -0.39 is 15.8 Å². The highest BCUT2D eigenvalue weighted by atomic mass is 32.2. The normalized spacial score (nSPS) is 15.0. The molecule has 1 aliphatic heterocycles. The SMILES string of the molecule is O=C(CN(C1CC1)S(=O)(=O)c1ccc(F)cc1)N(Cc1ccc2c(c1)OCO2)Cc1cccs1. The average Bonchev–Trinajstić information content (AvgIpc) is 3.31. The molecule has 5 rings (SSSR count). The first-order valence-corrected chi connectivity index (χ1v) is 13.2. The summed E-state index contributed by atoms with van der Waals surface area (Å²) in [6.45, 7) is 0.539. The highest BCUT2D eigenvalue weighted by Crippen LogP contribution is 2.34. The van der Waals surface area contributed by atoms with E-state index in [2.05, 4.69) is 0 Å². The van der Waals surface area contributed by atoms with Gasteiger partial charge in [0.1, 0.15) is 5.82 Å². The van der Waals surface area contributed by atoms with Crippen LogP contribution >= 0.6 is 11.3 Å². The molecule has 0 saturated heterocycles. The van der Waals surface area contributed by atoms with Crippen LogP contribution in [-0.2, 0) is 27.9 Å². The fourth-order valence-corrected chi connectivity index (χ4v) is 6.18. The largest absolute Gasteiger partial charge is 0.454 e. The van der Waals surface area contributed by atoms with Gasteiger partial charge in [0.25, 0.3) is 0 Å². The number of carbonyl (C=O) groups is 1. The van der Waals surface area contributed by atoms with Crippen LogP contribution in [-0.4, -0.2) is 42.9 Å². The monoisotopic (exact) mass is 502 g/mol. The summed E-state index contributed by atoms with van der Waals surface area (Å²) < 4.78 is 52.0. The lowest BCUT2D eigenvalue weighted by molar-refractivity contribution is -0.132. The van der Waals surface area contributed by atoms with Gasteiger partial charge in [-0.25, -0.2) is 12.8 Å². The van der Waals surface area contributed by atoms with Crippen molar-refractivity contribution in [2.24, 2.45) is 0 Å². The van der Waals surface area contributed by atoms with E-state index in [1.54, 1.807) is 11.0 Å². The van der Waals surface area contributed by atoms with Gasteiger partial charge in [0.2, 0.25) is 22.7 Å². The maximum absolute atomic E-state index is 13.5. The molecule has 0 radical (unpaired) electrons. The summed E-state index contributed by atoms with van der Waals surface area (Å²) in [5, 5.41) is 1.94. The summed E-state index contributed by atoms with van der Waals surface area (Å²) in [5.74, 6) is 0.465. The molecule has 1 saturated carbocycles. The van der Waals surface area contributed by atoms with Crippen molar-refractivity contribution in [3.63, 3.8) is 0 Å². The molecule has 34 heavy (non-hydrogen) atoms. The van der Waals surface area contributed by atoms with Crippen molar-refractivity contribution in [3.8, 4) is 11.5 Å². The first-order chi connectivity index (χ1) is 16.4. The van der Waals surface area contributed by atoms with Crippen LogP contribution in [0.25, 0.3) is 0 Å². The molecule has 2 heterocycles. The first-order valence-electron chi connectivity index (χ1n) is 10.9. The molecule has 0 N–H and O–H groups in total. The van der Waals surface area contributed by atoms with Gasteiger partial charge in [-0.05, 0) is 66.2 Å². The van der Waals surface area contributed by atoms with Crippen LogP contribution in [0.1, 0.15) is 23.3 Å². The molecule has 0 unspecified atom stereocenters. The summed E-state index contributed by atoms with van der Waals surface area (Å²) in [6, 6.07) is 13.8. The second-order valence-electron chi connectivity index (χ2n) is 8.25. The Labute approximate surface area is 201 Å². The van der Waals surface area contributed by atoms with Crippen molar-refractivity contribution in [1.82, 2.24) is 9.21 Å². The van der Waals surface area contributed by atoms with Crippen LogP contribution in [0, 0.1) is 5.82 Å². The fraction of sp³-hybridized carbons (Fsp3) is 0.292. The summed E-state index contributed by atoms with van der Waals surface area (Å²) in [5.41, 5.74) is 0.855. The number of hydrogen-bond donors (Lipinski definition) is 0. The number of benzene rings is 2. The predicted octanol–water partition coefficient (Wildman–Crippen LogP) is 4.00. The van der Waals surface area contributed by atoms with E-state index in [9.17, 15) is 17.6 Å². The summed E-state index contributed by atoms with van der Waals surface area (Å²) in [7, 11) is -3.94. The fourth-order valence-electron chi connectivity index (χ4n) is 3.83. The number of rotatable bonds is 9. The van der Waals surface area contributed by atoms with E-state index in [1.807, 2.05) is 29.6 Å². The van der Waals surface area contributed by atoms with Gasteiger partial charge in [-0.2, -0.15) is 4.31 Å². The van der Waals surface area contributed by atoms with E-state index in [0.717, 1.165) is 22.6 Å². The van der Waals surface area contributed by atoms with E-state index in [1.165, 1.54) is 27.8 Å². The van der Waals surface area contributed by atoms with Crippen LogP contribution in [0.5, 0.6) is 11.5 Å². The van der Waals surface area contributed by atoms with E-state index in [4.69, 9.17) is 9.47 Å². The number of ether oxygens (including phenoxy) is 2. The van der Waals surface area contributed by atoms with E-state index in [-0.39, 0.29) is 30.2 Å². The highest BCUT2D eigenvalue weighted by Gasteiger charge is 2.40. The van der Waals surface area contributed by atoms with Crippen LogP contribution in [0.4, 0.5) is 4.39 Å². The second kappa shape index (κ2) is 9.36. The van der Waals surface area contributed by atoms with Gasteiger partial charge >= 0.3 is 0 Å². The zero-order chi connectivity index (χ0) is 23.7. The third kappa shape index (κ3) is 4.94. The summed E-state index contributed by atoms with van der Waals surface area (Å²) in [4.78, 5) is 16.1. The Morgan fingerprint density at radius 1 is 1.03 bits per heavy atom. The molecular formula is C24H23FN2O5S2. The lowest BCUT2D eigenvalue weighted by atomic mass is 10.2. The van der Waals surface area contributed by atoms with E-state index >= 15 is 0 Å². The molecular weight excluding hydrogens is 479 g/mol. The number of amides is 1. The van der Waals surface area contributed by atoms with Gasteiger partial charge in [-0.15, -0.1) is 11.3 Å². The molecule has 3 aromatic rings. The van der Waals surface area contributed by atoms with E-state index in [0.29, 0.717) is 37.4 Å². The number of carbonyl (C=O) groups excluding carboxylic acids is 1. The minimum Gasteiger partial charge on any atom is -0.454 e. The molecule has 1 amide bonds. The Balaban J connectivity index is 1.39. The van der Waals surface area contributed by atoms with Crippen molar-refractivity contribution < 1.29 is 27.1 Å². The highest BCUT2D eigenvalue weighted by molar-refractivity contribution is 7.89. The zero-order valence-electron chi connectivity index (χ0n) is 18.2. The van der Waals surface area contributed by atoms with Crippen LogP contribution in [0.15, 0.2) is 64.9 Å². The third-order valence-electron chi connectivity index (χ3n) is 5.76. The first kappa shape index (κ1) is 22.8. The lowest BCUT2D eigenvalue weighted by Gasteiger charge is -2.27. The smallest absolute Gasteiger partial charge is 0.243 e. The minimum absolute atomic E-state index is 0.0193. The molecule has 2 aromatic carbocycles. The number of hydrogen-bond acceptors (Lipinski definition) is 6. The van der Waals surface area contributed by atoms with Crippen LogP contribution < -0.4 is 9.47 Å². The molecule has 2 aliphatic rings. The van der Waals surface area contributed by atoms with Crippen molar-refractivity contribution in [2.75, 3.05) is 13.3 Å². The lowest BCUT2D eigenvalue weighted by Crippen LogP contribution is -2.43. The molecule has 0 bridgehead atoms. The Bertz CT molecular complexity index is 1280. The Morgan fingerprint density at radius 3 is 2.50 bits per heavy atom. The summed E-state index contributed by atoms with van der Waals surface area (Å²) >= 11 is 1.53. The molecule has 1 aromatic heterocycles. The number of halogens is 1. The Hall–Kier alpha value is -2.95. The molecule has 7 nitrogen and oxygen atoms in total. The molecule has 0 spiro atoms. The minimum atomic E-state index is -3.94. The molecule has 0 atom stereocenters. The van der Waals surface area contributed by atoms with Crippen LogP contribution in [0.3, 0.4) is 0 Å². The van der Waals surface area contributed by atoms with Crippen molar-refractivity contribution in [2.45, 2.75) is 36.9 Å². The van der Waals surface area contributed by atoms with Gasteiger partial charge in [0.05, 0.1) is 18.0 Å². The van der Waals surface area contributed by atoms with Crippen molar-refractivity contribution in [1.29, 1.82) is 0 Å². The predicted molar refractivity (Wildman–Crippen MR) is 124 cm³/mol. The van der Waals surface area contributed by atoms with Crippen LogP contribution in [0.2, 0.25) is 0 Å². The second-order valence-corrected chi connectivity index (χ2v) is 11.2. The molecule has 178 valence electrons. The summed E-state index contributed by atoms with van der Waals surface area (Å²) in [6.07, 6.45) is 1.39. The number of thiophene rings is 1. The maximum Gasteiger partial charge on any atom is 0.243 e. The van der Waals surface area contributed by atoms with Gasteiger partial charge in [-0.1, -0.05) is 12.1 Å². The molecule has 10 heteroatoms. The number of nitrogens with zero attached hydrogens (tertiary/aromatic N) is 2. The average molecular weight is 503 g/mol. The van der Waals surface area contributed by atoms with Crippen molar-refractivity contribution >= 4 is 27.3 Å². The molecule has 1 fully saturated rings. The topological polar surface area (TPSA) is 76.2 Å². The maximum atomic E-state index is 13.5. The van der Waals surface area contributed by atoms with Gasteiger partial charge in [-0.3, -0.25) is 4.79 Å². The number of fused-ring (bicyclic) bond motifs is 1. The van der Waals surface area contributed by atoms with Gasteiger partial charge < -0.3 is 14.4 Å². The standard InChI is InChI=1S/C24H23FN2O5S2/c25-18-4-8-21(9-5-18)34(29,30)27(19-6-7-19)15-24(28)26(14-20-2-1-11-33-20)13-17-3-10-22-23(12-17)32-16-31-22/h1-5,8-12,19H,6-7,13-16H2. The Morgan fingerprint density at radius 2 is 1.79 bits per heavy atom. The van der Waals surface area contributed by atoms with Crippen molar-refractivity contribution in [3.05, 3.63) is 76.2 Å². The van der Waals surface area contributed by atoms with Gasteiger partial charge in [0.15, 0.2) is 11.5 Å². The quantitative estimate of drug-likeness (QED) is 0.442. The third-order valence-corrected chi connectivity index (χ3v) is 8.53. The number of sulfonamides is 1. The van der Waals surface area contributed by atoms with Gasteiger partial charge in [0, 0.05) is 17.5 Å².